The van der Waals surface area contributed by atoms with E-state index in [0.717, 1.165) is 6.07 Å². The van der Waals surface area contributed by atoms with Crippen molar-refractivity contribution in [2.24, 2.45) is 0 Å². The first-order valence-corrected chi connectivity index (χ1v) is 7.61. The molecular weight excluding hydrogens is 316 g/mol. The number of rotatable bonds is 6. The highest BCUT2D eigenvalue weighted by Crippen LogP contribution is 2.32. The standard InChI is InChI=1S/C14H13F2NO4S/c1-20-12-8-7-10(9-13(12)21-14(15)16)17-22(18,19)11-5-3-2-4-6-11/h2-9,14,17H,1H3. The van der Waals surface area contributed by atoms with Gasteiger partial charge in [-0.25, -0.2) is 8.42 Å². The lowest BCUT2D eigenvalue weighted by Gasteiger charge is -2.13. The first kappa shape index (κ1) is 16.0. The molecule has 0 heterocycles. The van der Waals surface area contributed by atoms with Gasteiger partial charge in [0.2, 0.25) is 0 Å². The molecule has 0 saturated heterocycles. The maximum Gasteiger partial charge on any atom is 0.387 e. The van der Waals surface area contributed by atoms with Crippen molar-refractivity contribution in [2.45, 2.75) is 11.5 Å². The SMILES string of the molecule is COc1ccc(NS(=O)(=O)c2ccccc2)cc1OC(F)F. The fraction of sp³-hybridized carbons (Fsp3) is 0.143. The van der Waals surface area contributed by atoms with Crippen LogP contribution in [0.3, 0.4) is 0 Å². The molecule has 0 unspecified atom stereocenters. The summed E-state index contributed by atoms with van der Waals surface area (Å²) in [6.45, 7) is -3.05. The van der Waals surface area contributed by atoms with E-state index in [1.807, 2.05) is 0 Å². The quantitative estimate of drug-likeness (QED) is 0.884. The predicted octanol–water partition coefficient (Wildman–Crippen LogP) is 3.10. The topological polar surface area (TPSA) is 64.6 Å². The van der Waals surface area contributed by atoms with Gasteiger partial charge in [0, 0.05) is 6.07 Å². The molecule has 1 N–H and O–H groups in total. The summed E-state index contributed by atoms with van der Waals surface area (Å²) in [6, 6.07) is 11.5. The van der Waals surface area contributed by atoms with Gasteiger partial charge in [0.25, 0.3) is 10.0 Å². The molecule has 8 heteroatoms. The fourth-order valence-electron chi connectivity index (χ4n) is 1.74. The van der Waals surface area contributed by atoms with Crippen molar-refractivity contribution < 1.29 is 26.7 Å². The van der Waals surface area contributed by atoms with Crippen molar-refractivity contribution in [1.29, 1.82) is 0 Å². The van der Waals surface area contributed by atoms with Crippen molar-refractivity contribution in [1.82, 2.24) is 0 Å². The number of benzene rings is 2. The van der Waals surface area contributed by atoms with Crippen molar-refractivity contribution in [3.8, 4) is 11.5 Å². The van der Waals surface area contributed by atoms with E-state index in [2.05, 4.69) is 9.46 Å². The number of ether oxygens (including phenoxy) is 2. The van der Waals surface area contributed by atoms with Gasteiger partial charge in [-0.1, -0.05) is 18.2 Å². The summed E-state index contributed by atoms with van der Waals surface area (Å²) in [7, 11) is -2.52. The zero-order valence-corrected chi connectivity index (χ0v) is 12.3. The van der Waals surface area contributed by atoms with E-state index in [4.69, 9.17) is 4.74 Å². The van der Waals surface area contributed by atoms with Crippen LogP contribution in [0.2, 0.25) is 0 Å². The molecule has 0 aliphatic carbocycles. The average molecular weight is 329 g/mol. The maximum atomic E-state index is 12.4. The third kappa shape index (κ3) is 3.85. The molecule has 0 radical (unpaired) electrons. The lowest BCUT2D eigenvalue weighted by molar-refractivity contribution is -0.0511. The average Bonchev–Trinajstić information content (AvgIpc) is 2.47. The highest BCUT2D eigenvalue weighted by Gasteiger charge is 2.16. The maximum absolute atomic E-state index is 12.4. The van der Waals surface area contributed by atoms with Gasteiger partial charge in [-0.3, -0.25) is 4.72 Å². The number of alkyl halides is 2. The molecule has 0 aromatic heterocycles. The van der Waals surface area contributed by atoms with Gasteiger partial charge in [0.15, 0.2) is 11.5 Å². The second kappa shape index (κ2) is 6.61. The minimum absolute atomic E-state index is 0.0575. The molecule has 0 aliphatic rings. The molecule has 2 aromatic rings. The predicted molar refractivity (Wildman–Crippen MR) is 76.9 cm³/mol. The van der Waals surface area contributed by atoms with Gasteiger partial charge >= 0.3 is 6.61 Å². The summed E-state index contributed by atoms with van der Waals surface area (Å²) in [5.41, 5.74) is 0.0836. The van der Waals surface area contributed by atoms with E-state index in [1.54, 1.807) is 18.2 Å². The Hall–Kier alpha value is -2.35. The number of anilines is 1. The molecule has 2 aromatic carbocycles. The molecule has 0 fully saturated rings. The molecule has 5 nitrogen and oxygen atoms in total. The van der Waals surface area contributed by atoms with Gasteiger partial charge < -0.3 is 9.47 Å². The van der Waals surface area contributed by atoms with Crippen LogP contribution in [-0.4, -0.2) is 22.1 Å². The molecular formula is C14H13F2NO4S. The Morgan fingerprint density at radius 1 is 1.05 bits per heavy atom. The van der Waals surface area contributed by atoms with Gasteiger partial charge in [-0.15, -0.1) is 0 Å². The van der Waals surface area contributed by atoms with Gasteiger partial charge in [0.05, 0.1) is 17.7 Å². The Kier molecular flexibility index (Phi) is 4.81. The van der Waals surface area contributed by atoms with Crippen LogP contribution in [0.25, 0.3) is 0 Å². The van der Waals surface area contributed by atoms with Gasteiger partial charge in [-0.05, 0) is 24.3 Å². The fourth-order valence-corrected chi connectivity index (χ4v) is 2.81. The van der Waals surface area contributed by atoms with E-state index in [-0.39, 0.29) is 22.1 Å². The first-order chi connectivity index (χ1) is 10.4. The Labute approximate surface area is 126 Å². The Bertz CT molecular complexity index is 736. The zero-order chi connectivity index (χ0) is 16.2. The number of sulfonamides is 1. The van der Waals surface area contributed by atoms with Crippen LogP contribution >= 0.6 is 0 Å². The molecule has 0 aliphatic heterocycles. The highest BCUT2D eigenvalue weighted by molar-refractivity contribution is 7.92. The number of hydrogen-bond donors (Lipinski definition) is 1. The van der Waals surface area contributed by atoms with Crippen LogP contribution in [0.15, 0.2) is 53.4 Å². The highest BCUT2D eigenvalue weighted by atomic mass is 32.2. The monoisotopic (exact) mass is 329 g/mol. The zero-order valence-electron chi connectivity index (χ0n) is 11.5. The molecule has 0 amide bonds. The van der Waals surface area contributed by atoms with E-state index >= 15 is 0 Å². The van der Waals surface area contributed by atoms with Crippen molar-refractivity contribution in [2.75, 3.05) is 11.8 Å². The Morgan fingerprint density at radius 3 is 2.32 bits per heavy atom. The molecule has 0 spiro atoms. The van der Waals surface area contributed by atoms with Crippen LogP contribution in [0.4, 0.5) is 14.5 Å². The summed E-state index contributed by atoms with van der Waals surface area (Å²) in [6.07, 6.45) is 0. The van der Waals surface area contributed by atoms with Crippen LogP contribution in [0, 0.1) is 0 Å². The van der Waals surface area contributed by atoms with Gasteiger partial charge in [0.1, 0.15) is 0 Å². The van der Waals surface area contributed by atoms with Crippen LogP contribution in [0.1, 0.15) is 0 Å². The lowest BCUT2D eigenvalue weighted by atomic mass is 10.3. The van der Waals surface area contributed by atoms with Crippen molar-refractivity contribution >= 4 is 15.7 Å². The molecule has 2 rings (SSSR count). The van der Waals surface area contributed by atoms with Crippen molar-refractivity contribution in [3.63, 3.8) is 0 Å². The Balaban J connectivity index is 2.30. The van der Waals surface area contributed by atoms with Crippen LogP contribution < -0.4 is 14.2 Å². The summed E-state index contributed by atoms with van der Waals surface area (Å²) in [5, 5.41) is 0. The summed E-state index contributed by atoms with van der Waals surface area (Å²) >= 11 is 0. The summed E-state index contributed by atoms with van der Waals surface area (Å²) < 4.78 is 60.5. The molecule has 22 heavy (non-hydrogen) atoms. The number of hydrogen-bond acceptors (Lipinski definition) is 4. The summed E-state index contributed by atoms with van der Waals surface area (Å²) in [5.74, 6) is -0.186. The first-order valence-electron chi connectivity index (χ1n) is 6.13. The number of nitrogens with one attached hydrogen (secondary N) is 1. The van der Waals surface area contributed by atoms with E-state index in [9.17, 15) is 17.2 Å². The van der Waals surface area contributed by atoms with Crippen LogP contribution in [0.5, 0.6) is 11.5 Å². The second-order valence-electron chi connectivity index (χ2n) is 4.16. The number of halogens is 2. The van der Waals surface area contributed by atoms with Crippen LogP contribution in [-0.2, 0) is 10.0 Å². The van der Waals surface area contributed by atoms with E-state index in [1.165, 1.54) is 31.4 Å². The second-order valence-corrected chi connectivity index (χ2v) is 5.85. The van der Waals surface area contributed by atoms with E-state index < -0.39 is 16.6 Å². The summed E-state index contributed by atoms with van der Waals surface area (Å²) in [4.78, 5) is 0.0575. The minimum Gasteiger partial charge on any atom is -0.493 e. The largest absolute Gasteiger partial charge is 0.493 e. The van der Waals surface area contributed by atoms with Crippen molar-refractivity contribution in [3.05, 3.63) is 48.5 Å². The molecule has 118 valence electrons. The smallest absolute Gasteiger partial charge is 0.387 e. The third-order valence-corrected chi connectivity index (χ3v) is 4.08. The lowest BCUT2D eigenvalue weighted by Crippen LogP contribution is -2.13. The molecule has 0 bridgehead atoms. The Morgan fingerprint density at radius 2 is 1.73 bits per heavy atom. The van der Waals surface area contributed by atoms with E-state index in [0.29, 0.717) is 0 Å². The molecule has 0 atom stereocenters. The number of methoxy groups -OCH3 is 1. The third-order valence-electron chi connectivity index (χ3n) is 2.69. The minimum atomic E-state index is -3.81. The normalized spacial score (nSPS) is 11.3. The molecule has 0 saturated carbocycles. The van der Waals surface area contributed by atoms with Gasteiger partial charge in [-0.2, -0.15) is 8.78 Å².